The summed E-state index contributed by atoms with van der Waals surface area (Å²) in [6, 6.07) is 3.14. The van der Waals surface area contributed by atoms with Crippen molar-refractivity contribution in [3.05, 3.63) is 26.8 Å². The molecular weight excluding hydrogens is 317 g/mol. The number of carbonyl (C=O) groups is 1. The molecule has 0 saturated carbocycles. The maximum Gasteiger partial charge on any atom is 0.266 e. The van der Waals surface area contributed by atoms with E-state index in [1.165, 1.54) is 6.07 Å². The lowest BCUT2D eigenvalue weighted by atomic mass is 10.1. The van der Waals surface area contributed by atoms with E-state index in [0.29, 0.717) is 5.56 Å². The average molecular weight is 323 g/mol. The topological polar surface area (TPSA) is 63.2 Å². The van der Waals surface area contributed by atoms with Crippen molar-refractivity contribution in [2.45, 2.75) is 11.8 Å². The fraction of sp³-hybridized carbons (Fsp3) is 0.125. The molecule has 0 aliphatic carbocycles. The van der Waals surface area contributed by atoms with Gasteiger partial charge in [-0.3, -0.25) is 4.79 Å². The Balaban J connectivity index is 2.89. The van der Waals surface area contributed by atoms with Crippen LogP contribution >= 0.6 is 22.6 Å². The minimum absolute atomic E-state index is 0.0837. The van der Waals surface area contributed by atoms with Gasteiger partial charge in [0.05, 0.1) is 5.56 Å². The van der Waals surface area contributed by atoms with Gasteiger partial charge in [-0.2, -0.15) is 0 Å². The molecule has 0 bridgehead atoms. The average Bonchev–Trinajstić information content (AvgIpc) is 2.29. The fourth-order valence-corrected chi connectivity index (χ4v) is 3.06. The first-order valence-electron chi connectivity index (χ1n) is 3.80. The van der Waals surface area contributed by atoms with E-state index in [9.17, 15) is 13.2 Å². The van der Waals surface area contributed by atoms with Crippen LogP contribution in [0.15, 0.2) is 17.0 Å². The molecule has 1 heterocycles. The third-order valence-corrected chi connectivity index (χ3v) is 4.65. The molecule has 6 heteroatoms. The molecule has 1 aliphatic heterocycles. The SMILES string of the molecule is Cc1c(I)ccc2c1C(=O)NS2(=O)=O. The largest absolute Gasteiger partial charge is 0.268 e. The van der Waals surface area contributed by atoms with Crippen LogP contribution in [-0.4, -0.2) is 14.3 Å². The van der Waals surface area contributed by atoms with Crippen molar-refractivity contribution < 1.29 is 13.2 Å². The highest BCUT2D eigenvalue weighted by Crippen LogP contribution is 2.27. The number of rotatable bonds is 0. The number of fused-ring (bicyclic) bond motifs is 1. The van der Waals surface area contributed by atoms with Gasteiger partial charge in [-0.05, 0) is 47.2 Å². The Bertz CT molecular complexity index is 536. The van der Waals surface area contributed by atoms with Crippen molar-refractivity contribution in [3.8, 4) is 0 Å². The number of hydrogen-bond acceptors (Lipinski definition) is 3. The highest BCUT2D eigenvalue weighted by Gasteiger charge is 2.34. The highest BCUT2D eigenvalue weighted by molar-refractivity contribution is 14.1. The molecule has 0 spiro atoms. The van der Waals surface area contributed by atoms with Crippen molar-refractivity contribution in [2.24, 2.45) is 0 Å². The van der Waals surface area contributed by atoms with Gasteiger partial charge in [0.25, 0.3) is 15.9 Å². The van der Waals surface area contributed by atoms with Gasteiger partial charge in [-0.1, -0.05) is 0 Å². The summed E-state index contributed by atoms with van der Waals surface area (Å²) in [4.78, 5) is 11.4. The summed E-state index contributed by atoms with van der Waals surface area (Å²) in [5.74, 6) is -0.531. The van der Waals surface area contributed by atoms with Crippen molar-refractivity contribution >= 4 is 38.5 Å². The van der Waals surface area contributed by atoms with Crippen LogP contribution in [0.1, 0.15) is 15.9 Å². The van der Waals surface area contributed by atoms with Gasteiger partial charge < -0.3 is 0 Å². The van der Waals surface area contributed by atoms with Crippen LogP contribution in [0.25, 0.3) is 0 Å². The molecule has 74 valence electrons. The third-order valence-electron chi connectivity index (χ3n) is 2.10. The van der Waals surface area contributed by atoms with Crippen LogP contribution < -0.4 is 4.72 Å². The molecule has 2 rings (SSSR count). The van der Waals surface area contributed by atoms with Crippen LogP contribution in [-0.2, 0) is 10.0 Å². The number of nitrogens with one attached hydrogen (secondary N) is 1. The maximum atomic E-state index is 11.4. The van der Waals surface area contributed by atoms with Crippen LogP contribution in [0, 0.1) is 10.5 Å². The molecule has 14 heavy (non-hydrogen) atoms. The zero-order chi connectivity index (χ0) is 10.5. The normalized spacial score (nSPS) is 17.7. The van der Waals surface area contributed by atoms with Gasteiger partial charge in [-0.25, -0.2) is 13.1 Å². The molecule has 0 radical (unpaired) electrons. The second-order valence-corrected chi connectivity index (χ2v) is 5.79. The van der Waals surface area contributed by atoms with Gasteiger partial charge in [0, 0.05) is 3.57 Å². The summed E-state index contributed by atoms with van der Waals surface area (Å²) < 4.78 is 25.6. The van der Waals surface area contributed by atoms with E-state index in [-0.39, 0.29) is 10.5 Å². The number of sulfonamides is 1. The van der Waals surface area contributed by atoms with Crippen LogP contribution in [0.4, 0.5) is 0 Å². The lowest BCUT2D eigenvalue weighted by Gasteiger charge is -2.01. The second kappa shape index (κ2) is 2.93. The van der Waals surface area contributed by atoms with E-state index in [1.807, 2.05) is 4.72 Å². The minimum atomic E-state index is -3.60. The Morgan fingerprint density at radius 2 is 2.00 bits per heavy atom. The zero-order valence-corrected chi connectivity index (χ0v) is 10.1. The Labute approximate surface area is 94.9 Å². The molecule has 0 atom stereocenters. The molecular formula is C8H6INO3S. The minimum Gasteiger partial charge on any atom is -0.268 e. The number of hydrogen-bond donors (Lipinski definition) is 1. The molecule has 0 aromatic heterocycles. The fourth-order valence-electron chi connectivity index (χ4n) is 1.40. The Kier molecular flexibility index (Phi) is 2.07. The molecule has 1 aliphatic rings. The molecule has 1 aromatic carbocycles. The van der Waals surface area contributed by atoms with Gasteiger partial charge >= 0.3 is 0 Å². The number of halogens is 1. The highest BCUT2D eigenvalue weighted by atomic mass is 127. The van der Waals surface area contributed by atoms with E-state index in [2.05, 4.69) is 22.6 Å². The number of benzene rings is 1. The summed E-state index contributed by atoms with van der Waals surface area (Å²) in [6.07, 6.45) is 0. The number of amides is 1. The maximum absolute atomic E-state index is 11.4. The zero-order valence-electron chi connectivity index (χ0n) is 7.17. The van der Waals surface area contributed by atoms with E-state index in [0.717, 1.165) is 3.57 Å². The Morgan fingerprint density at radius 1 is 1.36 bits per heavy atom. The second-order valence-electron chi connectivity index (χ2n) is 2.98. The summed E-state index contributed by atoms with van der Waals surface area (Å²) in [6.45, 7) is 1.74. The first-order valence-corrected chi connectivity index (χ1v) is 6.36. The predicted molar refractivity (Wildman–Crippen MR) is 58.5 cm³/mol. The molecule has 1 aromatic rings. The smallest absolute Gasteiger partial charge is 0.266 e. The van der Waals surface area contributed by atoms with Crippen LogP contribution in [0.5, 0.6) is 0 Å². The Morgan fingerprint density at radius 3 is 2.64 bits per heavy atom. The monoisotopic (exact) mass is 323 g/mol. The molecule has 1 amide bonds. The summed E-state index contributed by atoms with van der Waals surface area (Å²) in [5, 5.41) is 0. The van der Waals surface area contributed by atoms with E-state index < -0.39 is 15.9 Å². The van der Waals surface area contributed by atoms with Gasteiger partial charge in [0.1, 0.15) is 4.90 Å². The van der Waals surface area contributed by atoms with E-state index >= 15 is 0 Å². The lowest BCUT2D eigenvalue weighted by molar-refractivity contribution is 0.0984. The molecule has 4 nitrogen and oxygen atoms in total. The van der Waals surface area contributed by atoms with Crippen molar-refractivity contribution in [1.82, 2.24) is 4.72 Å². The first kappa shape index (κ1) is 9.91. The van der Waals surface area contributed by atoms with Crippen molar-refractivity contribution in [2.75, 3.05) is 0 Å². The summed E-state index contributed by atoms with van der Waals surface area (Å²) in [7, 11) is -3.60. The van der Waals surface area contributed by atoms with Gasteiger partial charge in [-0.15, -0.1) is 0 Å². The predicted octanol–water partition coefficient (Wildman–Crippen LogP) is 1.03. The standard InChI is InChI=1S/C8H6INO3S/c1-4-5(9)2-3-6-7(4)8(11)10-14(6,12)13/h2-3H,1H3,(H,10,11). The Hall–Kier alpha value is -0.630. The molecule has 0 fully saturated rings. The molecule has 1 N–H and O–H groups in total. The van der Waals surface area contributed by atoms with Gasteiger partial charge in [0.2, 0.25) is 0 Å². The number of carbonyl (C=O) groups excluding carboxylic acids is 1. The lowest BCUT2D eigenvalue weighted by Crippen LogP contribution is -2.21. The molecule has 0 saturated heterocycles. The van der Waals surface area contributed by atoms with Crippen molar-refractivity contribution in [1.29, 1.82) is 0 Å². The van der Waals surface area contributed by atoms with Crippen molar-refractivity contribution in [3.63, 3.8) is 0 Å². The van der Waals surface area contributed by atoms with E-state index in [1.54, 1.807) is 13.0 Å². The molecule has 0 unspecified atom stereocenters. The van der Waals surface area contributed by atoms with Gasteiger partial charge in [0.15, 0.2) is 0 Å². The third kappa shape index (κ3) is 1.24. The van der Waals surface area contributed by atoms with E-state index in [4.69, 9.17) is 0 Å². The summed E-state index contributed by atoms with van der Waals surface area (Å²) in [5.41, 5.74) is 0.985. The summed E-state index contributed by atoms with van der Waals surface area (Å²) >= 11 is 2.06. The van der Waals surface area contributed by atoms with Crippen LogP contribution in [0.3, 0.4) is 0 Å². The quantitative estimate of drug-likeness (QED) is 0.726. The van der Waals surface area contributed by atoms with Crippen LogP contribution in [0.2, 0.25) is 0 Å². The first-order chi connectivity index (χ1) is 6.43.